The third-order valence-electron chi connectivity index (χ3n) is 5.24. The van der Waals surface area contributed by atoms with Crippen molar-refractivity contribution in [1.29, 1.82) is 0 Å². The molecule has 0 aliphatic heterocycles. The van der Waals surface area contributed by atoms with Crippen molar-refractivity contribution in [3.05, 3.63) is 88.8 Å². The van der Waals surface area contributed by atoms with Crippen molar-refractivity contribution in [3.63, 3.8) is 0 Å². The molecule has 0 unspecified atom stereocenters. The van der Waals surface area contributed by atoms with Crippen LogP contribution in [0.2, 0.25) is 0 Å². The van der Waals surface area contributed by atoms with Crippen molar-refractivity contribution in [2.45, 2.75) is 32.2 Å². The lowest BCUT2D eigenvalue weighted by Gasteiger charge is -2.12. The molecule has 1 N–H and O–H groups in total. The number of para-hydroxylation sites is 2. The first-order valence-electron chi connectivity index (χ1n) is 10.1. The molecule has 1 amide bonds. The van der Waals surface area contributed by atoms with E-state index in [2.05, 4.69) is 17.4 Å². The number of hydrogen-bond donors (Lipinski definition) is 1. The number of benzene rings is 2. The Morgan fingerprint density at radius 3 is 2.38 bits per heavy atom. The fraction of sp³-hybridized carbons (Fsp3) is 0.250. The minimum Gasteiger partial charge on any atom is -0.356 e. The van der Waals surface area contributed by atoms with Crippen molar-refractivity contribution in [1.82, 2.24) is 14.3 Å². The van der Waals surface area contributed by atoms with Crippen LogP contribution in [-0.2, 0) is 17.8 Å². The van der Waals surface area contributed by atoms with Crippen molar-refractivity contribution in [2.75, 3.05) is 6.54 Å². The van der Waals surface area contributed by atoms with Gasteiger partial charge in [0.05, 0.1) is 11.0 Å². The van der Waals surface area contributed by atoms with Crippen LogP contribution in [0.1, 0.15) is 24.8 Å². The number of carbonyl (C=O) groups excluding carboxylic acids is 1. The molecule has 2 heterocycles. The summed E-state index contributed by atoms with van der Waals surface area (Å²) < 4.78 is 3.71. The Balaban J connectivity index is 1.33. The quantitative estimate of drug-likeness (QED) is 0.468. The summed E-state index contributed by atoms with van der Waals surface area (Å²) in [6.07, 6.45) is 4.83. The van der Waals surface area contributed by atoms with Crippen LogP contribution in [-0.4, -0.2) is 21.4 Å². The molecule has 0 aliphatic rings. The van der Waals surface area contributed by atoms with E-state index in [0.717, 1.165) is 23.9 Å². The Hall–Kier alpha value is -3.34. The van der Waals surface area contributed by atoms with E-state index in [9.17, 15) is 9.59 Å². The standard InChI is InChI=1S/C24H25N3O2/c28-23(25-16-6-11-19-9-2-1-3-10-19)15-8-18-27-21-13-5-4-12-20(21)26-17-7-14-22(26)24(27)29/h1-5,7,9-10,12-14,17H,6,8,11,15-16,18H2,(H,25,28). The van der Waals surface area contributed by atoms with Crippen LogP contribution < -0.4 is 10.9 Å². The lowest BCUT2D eigenvalue weighted by molar-refractivity contribution is -0.121. The summed E-state index contributed by atoms with van der Waals surface area (Å²) in [4.78, 5) is 25.0. The maximum Gasteiger partial charge on any atom is 0.275 e. The lowest BCUT2D eigenvalue weighted by atomic mass is 10.1. The van der Waals surface area contributed by atoms with Crippen LogP contribution >= 0.6 is 0 Å². The van der Waals surface area contributed by atoms with Crippen LogP contribution in [0.5, 0.6) is 0 Å². The third-order valence-corrected chi connectivity index (χ3v) is 5.24. The van der Waals surface area contributed by atoms with Crippen molar-refractivity contribution in [2.24, 2.45) is 0 Å². The lowest BCUT2D eigenvalue weighted by Crippen LogP contribution is -2.26. The van der Waals surface area contributed by atoms with Crippen molar-refractivity contribution in [3.8, 4) is 0 Å². The Kier molecular flexibility index (Phi) is 5.75. The van der Waals surface area contributed by atoms with E-state index in [1.165, 1.54) is 5.56 Å². The number of fused-ring (bicyclic) bond motifs is 3. The average molecular weight is 387 g/mol. The maximum absolute atomic E-state index is 12.9. The fourth-order valence-corrected chi connectivity index (χ4v) is 3.78. The molecular weight excluding hydrogens is 362 g/mol. The molecule has 0 radical (unpaired) electrons. The topological polar surface area (TPSA) is 55.5 Å². The van der Waals surface area contributed by atoms with Gasteiger partial charge in [0.25, 0.3) is 5.56 Å². The van der Waals surface area contributed by atoms with Crippen molar-refractivity contribution < 1.29 is 4.79 Å². The number of aryl methyl sites for hydroxylation is 2. The normalized spacial score (nSPS) is 11.2. The Morgan fingerprint density at radius 1 is 0.828 bits per heavy atom. The molecule has 2 aromatic carbocycles. The van der Waals surface area contributed by atoms with Crippen LogP contribution in [0.15, 0.2) is 77.7 Å². The van der Waals surface area contributed by atoms with Gasteiger partial charge in [-0.1, -0.05) is 42.5 Å². The van der Waals surface area contributed by atoms with E-state index in [1.54, 1.807) is 4.57 Å². The summed E-state index contributed by atoms with van der Waals surface area (Å²) in [7, 11) is 0. The smallest absolute Gasteiger partial charge is 0.275 e. The van der Waals surface area contributed by atoms with Gasteiger partial charge in [0.2, 0.25) is 5.91 Å². The highest BCUT2D eigenvalue weighted by Crippen LogP contribution is 2.15. The molecule has 0 fully saturated rings. The van der Waals surface area contributed by atoms with Gasteiger partial charge in [-0.2, -0.15) is 0 Å². The van der Waals surface area contributed by atoms with E-state index in [1.807, 2.05) is 65.2 Å². The fourth-order valence-electron chi connectivity index (χ4n) is 3.78. The van der Waals surface area contributed by atoms with E-state index < -0.39 is 0 Å². The van der Waals surface area contributed by atoms with Gasteiger partial charge in [0, 0.05) is 25.7 Å². The van der Waals surface area contributed by atoms with Crippen LogP contribution in [0.25, 0.3) is 16.6 Å². The second kappa shape index (κ2) is 8.78. The molecular formula is C24H25N3O2. The predicted molar refractivity (Wildman–Crippen MR) is 116 cm³/mol. The Morgan fingerprint density at radius 2 is 1.55 bits per heavy atom. The number of nitrogens with one attached hydrogen (secondary N) is 1. The molecule has 29 heavy (non-hydrogen) atoms. The third kappa shape index (κ3) is 4.24. The molecule has 5 heteroatoms. The first kappa shape index (κ1) is 19.0. The average Bonchev–Trinajstić information content (AvgIpc) is 3.25. The van der Waals surface area contributed by atoms with Gasteiger partial charge < -0.3 is 14.3 Å². The van der Waals surface area contributed by atoms with Gasteiger partial charge >= 0.3 is 0 Å². The highest BCUT2D eigenvalue weighted by Gasteiger charge is 2.10. The number of hydrogen-bond acceptors (Lipinski definition) is 2. The minimum absolute atomic E-state index is 0.0167. The molecule has 2 aromatic heterocycles. The molecule has 4 rings (SSSR count). The first-order valence-corrected chi connectivity index (χ1v) is 10.1. The zero-order valence-corrected chi connectivity index (χ0v) is 16.4. The number of nitrogens with zero attached hydrogens (tertiary/aromatic N) is 2. The number of carbonyl (C=O) groups is 1. The molecule has 0 saturated heterocycles. The first-order chi connectivity index (χ1) is 14.2. The number of aromatic nitrogens is 2. The van der Waals surface area contributed by atoms with E-state index in [-0.39, 0.29) is 11.5 Å². The van der Waals surface area contributed by atoms with E-state index in [0.29, 0.717) is 31.4 Å². The van der Waals surface area contributed by atoms with Gasteiger partial charge in [-0.25, -0.2) is 0 Å². The second-order valence-corrected chi connectivity index (χ2v) is 7.25. The second-order valence-electron chi connectivity index (χ2n) is 7.25. The van der Waals surface area contributed by atoms with Gasteiger partial charge in [0.1, 0.15) is 5.52 Å². The van der Waals surface area contributed by atoms with Crippen LogP contribution in [0.4, 0.5) is 0 Å². The Bertz CT molecular complexity index is 1180. The zero-order valence-electron chi connectivity index (χ0n) is 16.4. The SMILES string of the molecule is O=C(CCCn1c(=O)c2cccn2c2ccccc21)NCCCc1ccccc1. The van der Waals surface area contributed by atoms with Gasteiger partial charge in [-0.15, -0.1) is 0 Å². The minimum atomic E-state index is -0.0167. The molecule has 0 aliphatic carbocycles. The molecule has 0 atom stereocenters. The van der Waals surface area contributed by atoms with Crippen LogP contribution in [0.3, 0.4) is 0 Å². The van der Waals surface area contributed by atoms with Gasteiger partial charge in [0.15, 0.2) is 0 Å². The zero-order chi connectivity index (χ0) is 20.1. The molecule has 5 nitrogen and oxygen atoms in total. The highest BCUT2D eigenvalue weighted by atomic mass is 16.1. The van der Waals surface area contributed by atoms with Crippen molar-refractivity contribution >= 4 is 22.5 Å². The number of amides is 1. The highest BCUT2D eigenvalue weighted by molar-refractivity contribution is 5.79. The largest absolute Gasteiger partial charge is 0.356 e. The number of rotatable bonds is 8. The monoisotopic (exact) mass is 387 g/mol. The van der Waals surface area contributed by atoms with E-state index >= 15 is 0 Å². The van der Waals surface area contributed by atoms with Crippen LogP contribution in [0, 0.1) is 0 Å². The summed E-state index contributed by atoms with van der Waals surface area (Å²) in [5, 5.41) is 2.99. The summed E-state index contributed by atoms with van der Waals surface area (Å²) in [6.45, 7) is 1.20. The molecule has 148 valence electrons. The van der Waals surface area contributed by atoms with Gasteiger partial charge in [-0.05, 0) is 49.1 Å². The molecule has 4 aromatic rings. The summed E-state index contributed by atoms with van der Waals surface area (Å²) in [6, 6.07) is 21.9. The molecule has 0 saturated carbocycles. The Labute approximate surface area is 169 Å². The van der Waals surface area contributed by atoms with Gasteiger partial charge in [-0.3, -0.25) is 9.59 Å². The van der Waals surface area contributed by atoms with E-state index in [4.69, 9.17) is 0 Å². The molecule has 0 spiro atoms. The summed E-state index contributed by atoms with van der Waals surface area (Å²) in [5.74, 6) is 0.0409. The predicted octanol–water partition coefficient (Wildman–Crippen LogP) is 3.78. The summed E-state index contributed by atoms with van der Waals surface area (Å²) in [5.41, 5.74) is 3.82. The molecule has 0 bridgehead atoms. The summed E-state index contributed by atoms with van der Waals surface area (Å²) >= 11 is 0. The maximum atomic E-state index is 12.9.